The molecule has 3 aromatic rings. The highest BCUT2D eigenvalue weighted by Crippen LogP contribution is 2.42. The number of thiophene rings is 1. The highest BCUT2D eigenvalue weighted by Gasteiger charge is 2.31. The van der Waals surface area contributed by atoms with Gasteiger partial charge in [0.1, 0.15) is 21.4 Å². The molecular formula is C21H24N2O2S2. The van der Waals surface area contributed by atoms with Crippen LogP contribution in [-0.4, -0.2) is 22.7 Å². The predicted octanol–water partition coefficient (Wildman–Crippen LogP) is 5.41. The fourth-order valence-corrected chi connectivity index (χ4v) is 5.51. The highest BCUT2D eigenvalue weighted by molar-refractivity contribution is 7.98. The topological polar surface area (TPSA) is 44.2 Å². The third-order valence-corrected chi connectivity index (χ3v) is 6.94. The van der Waals surface area contributed by atoms with E-state index in [9.17, 15) is 0 Å². The summed E-state index contributed by atoms with van der Waals surface area (Å²) in [5.41, 5.74) is 2.51. The average Bonchev–Trinajstić information content (AvgIpc) is 3.03. The van der Waals surface area contributed by atoms with Gasteiger partial charge < -0.3 is 9.47 Å². The first kappa shape index (κ1) is 18.7. The van der Waals surface area contributed by atoms with E-state index in [1.54, 1.807) is 30.2 Å². The summed E-state index contributed by atoms with van der Waals surface area (Å²) in [7, 11) is 1.69. The summed E-state index contributed by atoms with van der Waals surface area (Å²) in [5.74, 6) is 2.68. The molecule has 2 aromatic heterocycles. The molecule has 1 aliphatic rings. The third kappa shape index (κ3) is 3.84. The van der Waals surface area contributed by atoms with Crippen molar-refractivity contribution in [2.45, 2.75) is 56.6 Å². The maximum atomic E-state index is 6.01. The lowest BCUT2D eigenvalue weighted by Crippen LogP contribution is -2.31. The molecule has 0 amide bonds. The second-order valence-corrected chi connectivity index (χ2v) is 9.39. The number of thioether (sulfide) groups is 1. The lowest BCUT2D eigenvalue weighted by Gasteiger charge is -2.30. The summed E-state index contributed by atoms with van der Waals surface area (Å²) in [6, 6.07) is 8.25. The van der Waals surface area contributed by atoms with Gasteiger partial charge in [0.25, 0.3) is 0 Å². The molecule has 6 heteroatoms. The van der Waals surface area contributed by atoms with Gasteiger partial charge in [-0.15, -0.1) is 23.1 Å². The summed E-state index contributed by atoms with van der Waals surface area (Å²) in [5, 5.41) is 2.34. The molecular weight excluding hydrogens is 376 g/mol. The molecule has 27 heavy (non-hydrogen) atoms. The molecule has 0 radical (unpaired) electrons. The highest BCUT2D eigenvalue weighted by atomic mass is 32.2. The number of rotatable bonds is 5. The van der Waals surface area contributed by atoms with Crippen molar-refractivity contribution < 1.29 is 9.47 Å². The summed E-state index contributed by atoms with van der Waals surface area (Å²) in [4.78, 5) is 12.1. The largest absolute Gasteiger partial charge is 0.497 e. The van der Waals surface area contributed by atoms with Gasteiger partial charge in [-0.1, -0.05) is 19.1 Å². The van der Waals surface area contributed by atoms with Gasteiger partial charge in [0.2, 0.25) is 0 Å². The minimum Gasteiger partial charge on any atom is -0.497 e. The molecule has 0 N–H and O–H groups in total. The van der Waals surface area contributed by atoms with Crippen LogP contribution in [-0.2, 0) is 29.9 Å². The number of ether oxygens (including phenoxy) is 2. The van der Waals surface area contributed by atoms with Crippen molar-refractivity contribution in [3.63, 3.8) is 0 Å². The van der Waals surface area contributed by atoms with Crippen molar-refractivity contribution in [1.82, 2.24) is 9.97 Å². The predicted molar refractivity (Wildman–Crippen MR) is 112 cm³/mol. The van der Waals surface area contributed by atoms with Crippen molar-refractivity contribution in [1.29, 1.82) is 0 Å². The Balaban J connectivity index is 1.70. The fraction of sp³-hybridized carbons (Fsp3) is 0.429. The van der Waals surface area contributed by atoms with Crippen molar-refractivity contribution in [2.24, 2.45) is 0 Å². The SMILES string of the molecule is CCc1nc(SCc2ccc(OC)cc2)c2c3c(sc2n1)COC(C)(C)C3. The number of aryl methyl sites for hydroxylation is 1. The second kappa shape index (κ2) is 7.41. The Bertz CT molecular complexity index is 964. The molecule has 0 fully saturated rings. The second-order valence-electron chi connectivity index (χ2n) is 7.34. The first-order chi connectivity index (χ1) is 13.0. The van der Waals surface area contributed by atoms with Crippen molar-refractivity contribution in [2.75, 3.05) is 7.11 Å². The van der Waals surface area contributed by atoms with Crippen LogP contribution in [0.2, 0.25) is 0 Å². The summed E-state index contributed by atoms with van der Waals surface area (Å²) in [6.07, 6.45) is 1.75. The Labute approximate surface area is 168 Å². The molecule has 0 atom stereocenters. The van der Waals surface area contributed by atoms with Gasteiger partial charge in [-0.3, -0.25) is 0 Å². The number of hydrogen-bond acceptors (Lipinski definition) is 6. The zero-order valence-corrected chi connectivity index (χ0v) is 17.8. The van der Waals surface area contributed by atoms with Gasteiger partial charge in [0.05, 0.1) is 19.3 Å². The molecule has 3 heterocycles. The van der Waals surface area contributed by atoms with E-state index in [1.165, 1.54) is 21.4 Å². The van der Waals surface area contributed by atoms with E-state index in [-0.39, 0.29) is 5.60 Å². The molecule has 0 saturated heterocycles. The Morgan fingerprint density at radius 1 is 1.22 bits per heavy atom. The molecule has 0 saturated carbocycles. The van der Waals surface area contributed by atoms with Gasteiger partial charge in [-0.25, -0.2) is 9.97 Å². The molecule has 1 aliphatic heterocycles. The Morgan fingerprint density at radius 3 is 2.70 bits per heavy atom. The van der Waals surface area contributed by atoms with Crippen LogP contribution in [0.1, 0.15) is 42.6 Å². The Morgan fingerprint density at radius 2 is 2.00 bits per heavy atom. The molecule has 4 rings (SSSR count). The van der Waals surface area contributed by atoms with E-state index in [4.69, 9.17) is 19.4 Å². The van der Waals surface area contributed by atoms with E-state index >= 15 is 0 Å². The lowest BCUT2D eigenvalue weighted by molar-refractivity contribution is -0.0379. The van der Waals surface area contributed by atoms with E-state index < -0.39 is 0 Å². The number of benzene rings is 1. The first-order valence-corrected chi connectivity index (χ1v) is 11.0. The van der Waals surface area contributed by atoms with Crippen LogP contribution in [0.4, 0.5) is 0 Å². The number of hydrogen-bond donors (Lipinski definition) is 0. The minimum atomic E-state index is -0.137. The Kier molecular flexibility index (Phi) is 5.14. The van der Waals surface area contributed by atoms with E-state index in [2.05, 4.69) is 32.9 Å². The van der Waals surface area contributed by atoms with E-state index in [0.717, 1.165) is 40.0 Å². The Hall–Kier alpha value is -1.63. The van der Waals surface area contributed by atoms with Gasteiger partial charge in [0.15, 0.2) is 0 Å². The van der Waals surface area contributed by atoms with Crippen molar-refractivity contribution in [3.05, 3.63) is 46.1 Å². The average molecular weight is 401 g/mol. The number of aromatic nitrogens is 2. The minimum absolute atomic E-state index is 0.137. The summed E-state index contributed by atoms with van der Waals surface area (Å²) >= 11 is 3.56. The maximum Gasteiger partial charge on any atom is 0.131 e. The zero-order valence-electron chi connectivity index (χ0n) is 16.2. The van der Waals surface area contributed by atoms with Crippen LogP contribution in [0.5, 0.6) is 5.75 Å². The van der Waals surface area contributed by atoms with Gasteiger partial charge in [0, 0.05) is 28.9 Å². The first-order valence-electron chi connectivity index (χ1n) is 9.20. The van der Waals surface area contributed by atoms with Crippen LogP contribution in [0.3, 0.4) is 0 Å². The standard InChI is InChI=1S/C21H24N2O2S2/c1-5-17-22-19(26-12-13-6-8-14(24-4)9-7-13)18-15-10-21(2,3)25-11-16(15)27-20(18)23-17/h6-9H,5,10-12H2,1-4H3. The van der Waals surface area contributed by atoms with Crippen LogP contribution < -0.4 is 4.74 Å². The molecule has 142 valence electrons. The monoisotopic (exact) mass is 400 g/mol. The number of nitrogens with zero attached hydrogens (tertiary/aromatic N) is 2. The van der Waals surface area contributed by atoms with Gasteiger partial charge in [-0.05, 0) is 37.1 Å². The zero-order chi connectivity index (χ0) is 19.0. The third-order valence-electron chi connectivity index (χ3n) is 4.79. The lowest BCUT2D eigenvalue weighted by atomic mass is 9.94. The molecule has 4 nitrogen and oxygen atoms in total. The number of fused-ring (bicyclic) bond motifs is 3. The van der Waals surface area contributed by atoms with Crippen LogP contribution in [0.25, 0.3) is 10.2 Å². The maximum absolute atomic E-state index is 6.01. The van der Waals surface area contributed by atoms with Crippen LogP contribution >= 0.6 is 23.1 Å². The molecule has 0 bridgehead atoms. The summed E-state index contributed by atoms with van der Waals surface area (Å²) < 4.78 is 11.3. The van der Waals surface area contributed by atoms with Gasteiger partial charge in [-0.2, -0.15) is 0 Å². The van der Waals surface area contributed by atoms with Crippen molar-refractivity contribution in [3.8, 4) is 5.75 Å². The van der Waals surface area contributed by atoms with Crippen molar-refractivity contribution >= 4 is 33.3 Å². The quantitative estimate of drug-likeness (QED) is 0.423. The smallest absolute Gasteiger partial charge is 0.131 e. The molecule has 0 spiro atoms. The number of methoxy groups -OCH3 is 1. The summed E-state index contributed by atoms with van der Waals surface area (Å²) in [6.45, 7) is 7.10. The fourth-order valence-electron chi connectivity index (χ4n) is 3.29. The molecule has 0 unspecified atom stereocenters. The van der Waals surface area contributed by atoms with Crippen LogP contribution in [0, 0.1) is 0 Å². The van der Waals surface area contributed by atoms with E-state index in [1.807, 2.05) is 12.1 Å². The molecule has 0 aliphatic carbocycles. The van der Waals surface area contributed by atoms with Gasteiger partial charge >= 0.3 is 0 Å². The van der Waals surface area contributed by atoms with E-state index in [0.29, 0.717) is 6.61 Å². The molecule has 1 aromatic carbocycles. The van der Waals surface area contributed by atoms with Crippen LogP contribution in [0.15, 0.2) is 29.3 Å². The normalized spacial score (nSPS) is 15.7.